The van der Waals surface area contributed by atoms with E-state index in [0.717, 1.165) is 4.31 Å². The molecule has 1 rings (SSSR count). The highest BCUT2D eigenvalue weighted by Crippen LogP contribution is 2.10. The Kier molecular flexibility index (Phi) is 3.88. The lowest BCUT2D eigenvalue weighted by atomic mass is 10.7. The van der Waals surface area contributed by atoms with Gasteiger partial charge in [0.1, 0.15) is 6.61 Å². The van der Waals surface area contributed by atoms with Crippen molar-refractivity contribution >= 4 is 22.3 Å². The van der Waals surface area contributed by atoms with Crippen LogP contribution < -0.4 is 0 Å². The zero-order chi connectivity index (χ0) is 12.2. The third-order valence-electron chi connectivity index (χ3n) is 1.60. The first-order valence-electron chi connectivity index (χ1n) is 4.55. The molecule has 0 amide bonds. The van der Waals surface area contributed by atoms with Crippen molar-refractivity contribution < 1.29 is 17.9 Å². The van der Waals surface area contributed by atoms with E-state index >= 15 is 0 Å². The molecule has 0 atom stereocenters. The molecule has 0 aromatic carbocycles. The number of hydrogen-bond donors (Lipinski definition) is 0. The third kappa shape index (κ3) is 2.72. The van der Waals surface area contributed by atoms with Crippen LogP contribution in [0, 0.1) is 0 Å². The quantitative estimate of drug-likeness (QED) is 0.664. The first-order valence-corrected chi connectivity index (χ1v) is 5.95. The normalized spacial score (nSPS) is 18.5. The van der Waals surface area contributed by atoms with Gasteiger partial charge in [-0.2, -0.15) is 8.42 Å². The standard InChI is InChI=1S/C8H13N3O4S/c1-4-6-15-8-9-7(14-5-2)10-16(12,13)11(8)3/h4H,1,5-6H2,2-3H3. The molecule has 0 aliphatic carbocycles. The van der Waals surface area contributed by atoms with E-state index in [-0.39, 0.29) is 25.3 Å². The Hall–Kier alpha value is -1.57. The van der Waals surface area contributed by atoms with E-state index in [2.05, 4.69) is 16.0 Å². The number of nitrogens with zero attached hydrogens (tertiary/aromatic N) is 3. The van der Waals surface area contributed by atoms with E-state index < -0.39 is 10.2 Å². The molecule has 1 aliphatic heterocycles. The van der Waals surface area contributed by atoms with Gasteiger partial charge in [-0.25, -0.2) is 4.31 Å². The number of aliphatic imine (C=N–C) groups is 1. The van der Waals surface area contributed by atoms with Crippen LogP contribution in [0.2, 0.25) is 0 Å². The van der Waals surface area contributed by atoms with Crippen molar-refractivity contribution in [2.75, 3.05) is 20.3 Å². The van der Waals surface area contributed by atoms with Crippen LogP contribution in [0.1, 0.15) is 6.92 Å². The zero-order valence-corrected chi connectivity index (χ0v) is 9.90. The van der Waals surface area contributed by atoms with Gasteiger partial charge in [0.2, 0.25) is 0 Å². The SMILES string of the molecule is C=CCOC1=NC(OCC)=NS(=O)(=O)N1C. The Labute approximate surface area is 94.3 Å². The van der Waals surface area contributed by atoms with Crippen LogP contribution in [0.3, 0.4) is 0 Å². The lowest BCUT2D eigenvalue weighted by Crippen LogP contribution is -2.38. The molecule has 0 saturated carbocycles. The third-order valence-corrected chi connectivity index (χ3v) is 2.84. The van der Waals surface area contributed by atoms with Crippen LogP contribution in [0.5, 0.6) is 0 Å². The summed E-state index contributed by atoms with van der Waals surface area (Å²) in [5.41, 5.74) is 0. The maximum absolute atomic E-state index is 11.5. The van der Waals surface area contributed by atoms with Crippen LogP contribution in [0.15, 0.2) is 22.0 Å². The van der Waals surface area contributed by atoms with Gasteiger partial charge in [-0.3, -0.25) is 0 Å². The summed E-state index contributed by atoms with van der Waals surface area (Å²) in [6.45, 7) is 5.58. The smallest absolute Gasteiger partial charge is 0.352 e. The topological polar surface area (TPSA) is 80.6 Å². The minimum absolute atomic E-state index is 0.0849. The Bertz CT molecular complexity index is 427. The summed E-state index contributed by atoms with van der Waals surface area (Å²) in [5.74, 6) is 0. The van der Waals surface area contributed by atoms with E-state index in [9.17, 15) is 8.42 Å². The molecule has 0 unspecified atom stereocenters. The minimum Gasteiger partial charge on any atom is -0.463 e. The molecular formula is C8H13N3O4S. The molecule has 90 valence electrons. The average Bonchev–Trinajstić information content (AvgIpc) is 2.21. The van der Waals surface area contributed by atoms with Gasteiger partial charge in [-0.15, -0.1) is 4.99 Å². The lowest BCUT2D eigenvalue weighted by molar-refractivity contribution is 0.295. The fourth-order valence-electron chi connectivity index (χ4n) is 0.876. The van der Waals surface area contributed by atoms with E-state index in [1.807, 2.05) is 0 Å². The molecule has 0 fully saturated rings. The second-order valence-electron chi connectivity index (χ2n) is 2.75. The molecule has 0 saturated heterocycles. The molecule has 0 aromatic heterocycles. The Morgan fingerprint density at radius 2 is 2.19 bits per heavy atom. The summed E-state index contributed by atoms with van der Waals surface area (Å²) in [6.07, 6.45) is 1.48. The maximum Gasteiger partial charge on any atom is 0.352 e. The highest BCUT2D eigenvalue weighted by atomic mass is 32.2. The summed E-state index contributed by atoms with van der Waals surface area (Å²) in [7, 11) is -2.51. The van der Waals surface area contributed by atoms with Crippen molar-refractivity contribution in [2.45, 2.75) is 6.92 Å². The molecule has 1 heterocycles. The minimum atomic E-state index is -3.81. The van der Waals surface area contributed by atoms with Gasteiger partial charge in [0, 0.05) is 7.05 Å². The summed E-state index contributed by atoms with van der Waals surface area (Å²) >= 11 is 0. The molecule has 8 heteroatoms. The fraction of sp³-hybridized carbons (Fsp3) is 0.500. The van der Waals surface area contributed by atoms with E-state index in [4.69, 9.17) is 9.47 Å². The van der Waals surface area contributed by atoms with Crippen molar-refractivity contribution in [1.29, 1.82) is 0 Å². The monoisotopic (exact) mass is 247 g/mol. The van der Waals surface area contributed by atoms with E-state index in [0.29, 0.717) is 0 Å². The van der Waals surface area contributed by atoms with Crippen LogP contribution in [-0.2, 0) is 19.7 Å². The van der Waals surface area contributed by atoms with Crippen LogP contribution in [-0.4, -0.2) is 45.0 Å². The lowest BCUT2D eigenvalue weighted by Gasteiger charge is -2.21. The van der Waals surface area contributed by atoms with Gasteiger partial charge in [-0.1, -0.05) is 17.1 Å². The molecular weight excluding hydrogens is 234 g/mol. The van der Waals surface area contributed by atoms with Crippen molar-refractivity contribution in [3.63, 3.8) is 0 Å². The number of amidine groups is 2. The van der Waals surface area contributed by atoms with Gasteiger partial charge >= 0.3 is 22.3 Å². The highest BCUT2D eigenvalue weighted by molar-refractivity contribution is 7.88. The molecule has 0 aromatic rings. The first-order chi connectivity index (χ1) is 7.51. The molecule has 16 heavy (non-hydrogen) atoms. The second-order valence-corrected chi connectivity index (χ2v) is 4.37. The highest BCUT2D eigenvalue weighted by Gasteiger charge is 2.28. The van der Waals surface area contributed by atoms with E-state index in [1.54, 1.807) is 6.92 Å². The number of rotatable bonds is 3. The zero-order valence-electron chi connectivity index (χ0n) is 9.08. The van der Waals surface area contributed by atoms with Crippen molar-refractivity contribution in [3.8, 4) is 0 Å². The molecule has 0 N–H and O–H groups in total. The maximum atomic E-state index is 11.5. The first kappa shape index (κ1) is 12.5. The summed E-state index contributed by atoms with van der Waals surface area (Å²) in [5, 5.41) is 0. The van der Waals surface area contributed by atoms with Crippen molar-refractivity contribution in [2.24, 2.45) is 9.39 Å². The molecule has 0 bridgehead atoms. The number of ether oxygens (including phenoxy) is 2. The van der Waals surface area contributed by atoms with Gasteiger partial charge in [0.05, 0.1) is 6.61 Å². The van der Waals surface area contributed by atoms with Crippen molar-refractivity contribution in [1.82, 2.24) is 4.31 Å². The summed E-state index contributed by atoms with van der Waals surface area (Å²) in [4.78, 5) is 3.81. The van der Waals surface area contributed by atoms with Crippen molar-refractivity contribution in [3.05, 3.63) is 12.7 Å². The van der Waals surface area contributed by atoms with Gasteiger partial charge in [0.15, 0.2) is 0 Å². The molecule has 0 radical (unpaired) electrons. The average molecular weight is 247 g/mol. The van der Waals surface area contributed by atoms with Gasteiger partial charge in [-0.05, 0) is 6.92 Å². The Morgan fingerprint density at radius 3 is 2.75 bits per heavy atom. The predicted molar refractivity (Wildman–Crippen MR) is 59.3 cm³/mol. The van der Waals surface area contributed by atoms with E-state index in [1.165, 1.54) is 13.1 Å². The molecule has 0 spiro atoms. The largest absolute Gasteiger partial charge is 0.463 e. The summed E-state index contributed by atoms with van der Waals surface area (Å²) in [6, 6.07) is -0.307. The molecule has 7 nitrogen and oxygen atoms in total. The van der Waals surface area contributed by atoms with Crippen LogP contribution >= 0.6 is 0 Å². The Morgan fingerprint density at radius 1 is 1.50 bits per heavy atom. The second kappa shape index (κ2) is 4.97. The Balaban J connectivity index is 2.97. The van der Waals surface area contributed by atoms with Crippen LogP contribution in [0.25, 0.3) is 0 Å². The fourth-order valence-corrected chi connectivity index (χ4v) is 1.58. The predicted octanol–water partition coefficient (Wildman–Crippen LogP) is 0.128. The van der Waals surface area contributed by atoms with Gasteiger partial charge < -0.3 is 9.47 Å². The molecule has 1 aliphatic rings. The summed E-state index contributed by atoms with van der Waals surface area (Å²) < 4.78 is 37.2. The number of hydrogen-bond acceptors (Lipinski definition) is 5. The van der Waals surface area contributed by atoms with Crippen LogP contribution in [0.4, 0.5) is 0 Å². The van der Waals surface area contributed by atoms with Gasteiger partial charge in [0.25, 0.3) is 0 Å².